The topological polar surface area (TPSA) is 16.1 Å². The Morgan fingerprint density at radius 2 is 2.11 bits per heavy atom. The number of hydrogen-bond donors (Lipinski definition) is 0. The van der Waals surface area contributed by atoms with Crippen molar-refractivity contribution in [3.8, 4) is 0 Å². The van der Waals surface area contributed by atoms with Crippen molar-refractivity contribution in [1.82, 2.24) is 4.98 Å². The average molecular weight is 293 g/mol. The van der Waals surface area contributed by atoms with E-state index in [1.54, 1.807) is 0 Å². The van der Waals surface area contributed by atoms with Gasteiger partial charge in [0.2, 0.25) is 0 Å². The maximum atomic E-state index is 12.7. The molecule has 2 nitrogen and oxygen atoms in total. The van der Waals surface area contributed by atoms with Crippen LogP contribution in [0.5, 0.6) is 0 Å². The summed E-state index contributed by atoms with van der Waals surface area (Å²) >= 11 is 5.68. The van der Waals surface area contributed by atoms with E-state index in [2.05, 4.69) is 4.98 Å². The van der Waals surface area contributed by atoms with Gasteiger partial charge in [0.1, 0.15) is 5.82 Å². The minimum Gasteiger partial charge on any atom is -0.354 e. The van der Waals surface area contributed by atoms with Crippen LogP contribution in [0.4, 0.5) is 19.0 Å². The van der Waals surface area contributed by atoms with Gasteiger partial charge in [0.15, 0.2) is 0 Å². The van der Waals surface area contributed by atoms with E-state index in [0.29, 0.717) is 24.3 Å². The van der Waals surface area contributed by atoms with Crippen LogP contribution in [0.3, 0.4) is 0 Å². The summed E-state index contributed by atoms with van der Waals surface area (Å²) in [6.07, 6.45) is 0.803. The first-order chi connectivity index (χ1) is 9.02. The van der Waals surface area contributed by atoms with Crippen LogP contribution in [-0.4, -0.2) is 23.5 Å². The molecule has 0 saturated heterocycles. The minimum absolute atomic E-state index is 0.305. The van der Waals surface area contributed by atoms with E-state index in [1.165, 1.54) is 6.20 Å². The van der Waals surface area contributed by atoms with Crippen LogP contribution < -0.4 is 4.90 Å². The molecule has 19 heavy (non-hydrogen) atoms. The normalized spacial score (nSPS) is 16.2. The largest absolute Gasteiger partial charge is 0.416 e. The molecular weight excluding hydrogens is 277 g/mol. The van der Waals surface area contributed by atoms with Gasteiger partial charge >= 0.3 is 6.18 Å². The van der Waals surface area contributed by atoms with Gasteiger partial charge in [0.05, 0.1) is 5.56 Å². The van der Waals surface area contributed by atoms with Crippen LogP contribution in [-0.2, 0) is 6.18 Å². The molecule has 1 aliphatic rings. The molecule has 1 aromatic rings. The summed E-state index contributed by atoms with van der Waals surface area (Å²) < 4.78 is 38.1. The van der Waals surface area contributed by atoms with E-state index in [0.717, 1.165) is 37.8 Å². The summed E-state index contributed by atoms with van der Waals surface area (Å²) in [6.45, 7) is 0.655. The summed E-state index contributed by atoms with van der Waals surface area (Å²) in [4.78, 5) is 6.05. The summed E-state index contributed by atoms with van der Waals surface area (Å²) in [5.74, 6) is 0.909. The van der Waals surface area contributed by atoms with Crippen molar-refractivity contribution in [3.63, 3.8) is 0 Å². The van der Waals surface area contributed by atoms with Crippen molar-refractivity contribution in [3.05, 3.63) is 23.9 Å². The van der Waals surface area contributed by atoms with Gasteiger partial charge in [-0.05, 0) is 37.8 Å². The molecule has 1 saturated carbocycles. The Balaban J connectivity index is 2.20. The molecule has 0 amide bonds. The Hall–Kier alpha value is -0.970. The van der Waals surface area contributed by atoms with Crippen LogP contribution in [0.1, 0.15) is 31.2 Å². The third-order valence-electron chi connectivity index (χ3n) is 3.42. The first-order valence-electron chi connectivity index (χ1n) is 6.38. The number of pyridine rings is 1. The van der Waals surface area contributed by atoms with Gasteiger partial charge < -0.3 is 4.90 Å². The van der Waals surface area contributed by atoms with Crippen LogP contribution in [0, 0.1) is 0 Å². The quantitative estimate of drug-likeness (QED) is 0.760. The van der Waals surface area contributed by atoms with E-state index in [4.69, 9.17) is 11.6 Å². The van der Waals surface area contributed by atoms with Crippen molar-refractivity contribution >= 4 is 17.4 Å². The fourth-order valence-electron chi connectivity index (χ4n) is 2.16. The zero-order valence-corrected chi connectivity index (χ0v) is 11.2. The molecule has 0 atom stereocenters. The lowest BCUT2D eigenvalue weighted by atomic mass is 9.91. The molecule has 0 aromatic carbocycles. The molecule has 106 valence electrons. The molecule has 1 fully saturated rings. The highest BCUT2D eigenvalue weighted by atomic mass is 35.5. The Bertz CT molecular complexity index is 419. The van der Waals surface area contributed by atoms with Gasteiger partial charge in [-0.25, -0.2) is 4.98 Å². The Morgan fingerprint density at radius 1 is 1.37 bits per heavy atom. The molecule has 6 heteroatoms. The second-order valence-electron chi connectivity index (χ2n) is 4.72. The first kappa shape index (κ1) is 14.4. The third kappa shape index (κ3) is 3.53. The number of halogens is 4. The van der Waals surface area contributed by atoms with Crippen molar-refractivity contribution in [2.75, 3.05) is 17.3 Å². The first-order valence-corrected chi connectivity index (χ1v) is 6.91. The number of rotatable bonds is 5. The average Bonchev–Trinajstić information content (AvgIpc) is 2.31. The van der Waals surface area contributed by atoms with Gasteiger partial charge in [-0.15, -0.1) is 11.6 Å². The van der Waals surface area contributed by atoms with Crippen LogP contribution in [0.15, 0.2) is 18.3 Å². The Morgan fingerprint density at radius 3 is 2.63 bits per heavy atom. The predicted molar refractivity (Wildman–Crippen MR) is 69.6 cm³/mol. The number of aromatic nitrogens is 1. The molecule has 1 heterocycles. The van der Waals surface area contributed by atoms with Crippen molar-refractivity contribution in [2.24, 2.45) is 0 Å². The van der Waals surface area contributed by atoms with Gasteiger partial charge in [-0.3, -0.25) is 0 Å². The summed E-state index contributed by atoms with van der Waals surface area (Å²) in [6, 6.07) is 2.44. The third-order valence-corrected chi connectivity index (χ3v) is 3.68. The Kier molecular flexibility index (Phi) is 4.55. The number of nitrogens with zero attached hydrogens (tertiary/aromatic N) is 2. The molecule has 0 N–H and O–H groups in total. The molecule has 0 spiro atoms. The van der Waals surface area contributed by atoms with Crippen LogP contribution >= 0.6 is 11.6 Å². The summed E-state index contributed by atoms with van der Waals surface area (Å²) in [7, 11) is 0. The van der Waals surface area contributed by atoms with Crippen LogP contribution in [0.2, 0.25) is 0 Å². The second kappa shape index (κ2) is 5.99. The summed E-state index contributed by atoms with van der Waals surface area (Å²) in [5, 5.41) is 0. The molecule has 0 bridgehead atoms. The zero-order valence-electron chi connectivity index (χ0n) is 10.5. The number of hydrogen-bond acceptors (Lipinski definition) is 2. The number of anilines is 1. The molecular formula is C13H16ClF3N2. The van der Waals surface area contributed by atoms with E-state index in [9.17, 15) is 13.2 Å². The van der Waals surface area contributed by atoms with E-state index in [1.807, 2.05) is 4.90 Å². The fourth-order valence-corrected chi connectivity index (χ4v) is 2.28. The van der Waals surface area contributed by atoms with Gasteiger partial charge in [-0.2, -0.15) is 13.2 Å². The lowest BCUT2D eigenvalue weighted by molar-refractivity contribution is -0.137. The van der Waals surface area contributed by atoms with E-state index >= 15 is 0 Å². The van der Waals surface area contributed by atoms with Crippen molar-refractivity contribution < 1.29 is 13.2 Å². The van der Waals surface area contributed by atoms with Gasteiger partial charge in [0, 0.05) is 24.7 Å². The SMILES string of the molecule is FC(F)(F)c1ccnc(N(CCCCl)C2CCC2)c1. The standard InChI is InChI=1S/C13H16ClF3N2/c14-6-2-8-19(11-3-1-4-11)12-9-10(5-7-18-12)13(15,16)17/h5,7,9,11H,1-4,6,8H2. The lowest BCUT2D eigenvalue weighted by Gasteiger charge is -2.38. The van der Waals surface area contributed by atoms with Crippen LogP contribution in [0.25, 0.3) is 0 Å². The monoisotopic (exact) mass is 292 g/mol. The number of alkyl halides is 4. The Labute approximate surface area is 115 Å². The van der Waals surface area contributed by atoms with E-state index in [-0.39, 0.29) is 0 Å². The highest BCUT2D eigenvalue weighted by Gasteiger charge is 2.32. The maximum Gasteiger partial charge on any atom is 0.416 e. The molecule has 1 aromatic heterocycles. The second-order valence-corrected chi connectivity index (χ2v) is 5.10. The smallest absolute Gasteiger partial charge is 0.354 e. The molecule has 0 aliphatic heterocycles. The zero-order chi connectivity index (χ0) is 13.9. The maximum absolute atomic E-state index is 12.7. The highest BCUT2D eigenvalue weighted by molar-refractivity contribution is 6.17. The molecule has 2 rings (SSSR count). The van der Waals surface area contributed by atoms with Crippen molar-refractivity contribution in [1.29, 1.82) is 0 Å². The molecule has 0 unspecified atom stereocenters. The van der Waals surface area contributed by atoms with Gasteiger partial charge in [0.25, 0.3) is 0 Å². The fraction of sp³-hybridized carbons (Fsp3) is 0.615. The minimum atomic E-state index is -4.32. The van der Waals surface area contributed by atoms with E-state index < -0.39 is 11.7 Å². The summed E-state index contributed by atoms with van der Waals surface area (Å²) in [5.41, 5.74) is -0.646. The molecule has 1 aliphatic carbocycles. The lowest BCUT2D eigenvalue weighted by Crippen LogP contribution is -2.41. The van der Waals surface area contributed by atoms with Crippen molar-refractivity contribution in [2.45, 2.75) is 37.9 Å². The van der Waals surface area contributed by atoms with Gasteiger partial charge in [-0.1, -0.05) is 0 Å². The molecule has 0 radical (unpaired) electrons. The predicted octanol–water partition coefficient (Wildman–Crippen LogP) is 4.09. The highest BCUT2D eigenvalue weighted by Crippen LogP contribution is 2.33.